The normalized spacial score (nSPS) is 17.6. The molecule has 0 unspecified atom stereocenters. The van der Waals surface area contributed by atoms with Crippen molar-refractivity contribution in [1.29, 1.82) is 0 Å². The van der Waals surface area contributed by atoms with Crippen LogP contribution in [0.5, 0.6) is 5.75 Å². The smallest absolute Gasteiger partial charge is 0.207 e. The van der Waals surface area contributed by atoms with E-state index in [1.54, 1.807) is 7.11 Å². The van der Waals surface area contributed by atoms with Crippen molar-refractivity contribution in [2.45, 2.75) is 31.8 Å². The molecule has 3 aromatic rings. The van der Waals surface area contributed by atoms with Gasteiger partial charge in [0.2, 0.25) is 5.95 Å². The maximum absolute atomic E-state index is 9.84. The summed E-state index contributed by atoms with van der Waals surface area (Å²) in [6, 6.07) is 16.6. The minimum Gasteiger partial charge on any atom is -0.497 e. The first-order valence-corrected chi connectivity index (χ1v) is 9.26. The lowest BCUT2D eigenvalue weighted by molar-refractivity contribution is 0.238. The maximum Gasteiger partial charge on any atom is 0.207 e. The molecule has 5 nitrogen and oxygen atoms in total. The van der Waals surface area contributed by atoms with Gasteiger partial charge in [-0.1, -0.05) is 24.3 Å². The Hall–Kier alpha value is -2.53. The molecule has 136 valence electrons. The van der Waals surface area contributed by atoms with Crippen LogP contribution in [0.3, 0.4) is 0 Å². The summed E-state index contributed by atoms with van der Waals surface area (Å²) in [5.74, 6) is 1.82. The summed E-state index contributed by atoms with van der Waals surface area (Å²) < 4.78 is 7.54. The van der Waals surface area contributed by atoms with Crippen LogP contribution in [0.25, 0.3) is 11.0 Å². The number of hydrogen-bond acceptors (Lipinski definition) is 4. The van der Waals surface area contributed by atoms with E-state index in [9.17, 15) is 5.11 Å². The van der Waals surface area contributed by atoms with E-state index in [0.717, 1.165) is 48.7 Å². The van der Waals surface area contributed by atoms with Gasteiger partial charge < -0.3 is 19.3 Å². The molecule has 1 aliphatic heterocycles. The van der Waals surface area contributed by atoms with Gasteiger partial charge in [-0.15, -0.1) is 0 Å². The van der Waals surface area contributed by atoms with E-state index in [-0.39, 0.29) is 12.6 Å². The van der Waals surface area contributed by atoms with Crippen molar-refractivity contribution in [2.75, 3.05) is 25.2 Å². The fourth-order valence-corrected chi connectivity index (χ4v) is 3.81. The third-order valence-corrected chi connectivity index (χ3v) is 5.23. The van der Waals surface area contributed by atoms with E-state index in [1.807, 2.05) is 18.2 Å². The van der Waals surface area contributed by atoms with Crippen molar-refractivity contribution in [1.82, 2.24) is 9.55 Å². The number of anilines is 1. The summed E-state index contributed by atoms with van der Waals surface area (Å²) in [4.78, 5) is 7.20. The van der Waals surface area contributed by atoms with Crippen molar-refractivity contribution in [3.8, 4) is 5.75 Å². The molecular formula is C21H25N3O2. The number of methoxy groups -OCH3 is 1. The van der Waals surface area contributed by atoms with Gasteiger partial charge in [-0.25, -0.2) is 4.98 Å². The highest BCUT2D eigenvalue weighted by molar-refractivity contribution is 5.79. The molecule has 1 aromatic heterocycles. The van der Waals surface area contributed by atoms with Crippen molar-refractivity contribution in [3.05, 3.63) is 54.1 Å². The lowest BCUT2D eigenvalue weighted by atomic mass is 10.0. The highest BCUT2D eigenvalue weighted by atomic mass is 16.5. The van der Waals surface area contributed by atoms with E-state index in [2.05, 4.69) is 39.8 Å². The van der Waals surface area contributed by atoms with E-state index >= 15 is 0 Å². The Morgan fingerprint density at radius 1 is 1.12 bits per heavy atom. The molecule has 2 aromatic carbocycles. The first-order valence-electron chi connectivity index (χ1n) is 9.26. The lowest BCUT2D eigenvalue weighted by Crippen LogP contribution is -2.43. The van der Waals surface area contributed by atoms with Gasteiger partial charge >= 0.3 is 0 Å². The molecule has 1 aliphatic rings. The number of rotatable bonds is 5. The van der Waals surface area contributed by atoms with Gasteiger partial charge in [-0.05, 0) is 49.1 Å². The van der Waals surface area contributed by atoms with Gasteiger partial charge in [0.1, 0.15) is 5.75 Å². The number of hydrogen-bond donors (Lipinski definition) is 1. The number of ether oxygens (including phenoxy) is 1. The van der Waals surface area contributed by atoms with E-state index in [1.165, 1.54) is 12.0 Å². The highest BCUT2D eigenvalue weighted by Crippen LogP contribution is 2.29. The number of para-hydroxylation sites is 2. The van der Waals surface area contributed by atoms with Crippen molar-refractivity contribution in [2.24, 2.45) is 0 Å². The van der Waals surface area contributed by atoms with Gasteiger partial charge in [0.05, 0.1) is 37.3 Å². The molecule has 1 atom stereocenters. The molecule has 4 rings (SSSR count). The number of piperidine rings is 1. The molecule has 0 bridgehead atoms. The molecule has 1 fully saturated rings. The molecule has 0 amide bonds. The van der Waals surface area contributed by atoms with Crippen LogP contribution in [-0.4, -0.2) is 41.0 Å². The van der Waals surface area contributed by atoms with Crippen LogP contribution in [0.1, 0.15) is 24.8 Å². The standard InChI is InChI=1S/C21H25N3O2/c1-26-18-11-9-16(10-12-18)14-24-20-8-3-2-7-19(20)22-21(24)23-13-5-4-6-17(23)15-25/h2-3,7-12,17,25H,4-6,13-15H2,1H3/t17-/m1/s1. The third kappa shape index (κ3) is 3.15. The Morgan fingerprint density at radius 3 is 2.69 bits per heavy atom. The van der Waals surface area contributed by atoms with Crippen LogP contribution in [0.2, 0.25) is 0 Å². The topological polar surface area (TPSA) is 50.5 Å². The summed E-state index contributed by atoms with van der Waals surface area (Å²) in [7, 11) is 1.68. The van der Waals surface area contributed by atoms with Gasteiger partial charge in [-0.3, -0.25) is 0 Å². The molecule has 0 spiro atoms. The minimum absolute atomic E-state index is 0.148. The molecule has 0 radical (unpaired) electrons. The van der Waals surface area contributed by atoms with Crippen LogP contribution in [0.4, 0.5) is 5.95 Å². The fourth-order valence-electron chi connectivity index (χ4n) is 3.81. The van der Waals surface area contributed by atoms with Crippen LogP contribution < -0.4 is 9.64 Å². The number of imidazole rings is 1. The first kappa shape index (κ1) is 16.9. The number of aliphatic hydroxyl groups excluding tert-OH is 1. The zero-order valence-corrected chi connectivity index (χ0v) is 15.1. The number of aliphatic hydroxyl groups is 1. The minimum atomic E-state index is 0.148. The average Bonchev–Trinajstić information content (AvgIpc) is 3.07. The Bertz CT molecular complexity index is 873. The Balaban J connectivity index is 1.75. The molecule has 1 saturated heterocycles. The van der Waals surface area contributed by atoms with Gasteiger partial charge in [0.15, 0.2) is 0 Å². The zero-order valence-electron chi connectivity index (χ0n) is 15.1. The number of aromatic nitrogens is 2. The van der Waals surface area contributed by atoms with Gasteiger partial charge in [-0.2, -0.15) is 0 Å². The van der Waals surface area contributed by atoms with E-state index in [0.29, 0.717) is 0 Å². The molecular weight excluding hydrogens is 326 g/mol. The number of nitrogens with zero attached hydrogens (tertiary/aromatic N) is 3. The zero-order chi connectivity index (χ0) is 17.9. The predicted molar refractivity (Wildman–Crippen MR) is 104 cm³/mol. The molecule has 5 heteroatoms. The first-order chi connectivity index (χ1) is 12.8. The monoisotopic (exact) mass is 351 g/mol. The summed E-state index contributed by atoms with van der Waals surface area (Å²) in [5.41, 5.74) is 3.33. The second-order valence-electron chi connectivity index (χ2n) is 6.86. The summed E-state index contributed by atoms with van der Waals surface area (Å²) in [5, 5.41) is 9.84. The van der Waals surface area contributed by atoms with E-state index in [4.69, 9.17) is 9.72 Å². The van der Waals surface area contributed by atoms with Gasteiger partial charge in [0, 0.05) is 6.54 Å². The lowest BCUT2D eigenvalue weighted by Gasteiger charge is -2.35. The molecule has 1 N–H and O–H groups in total. The molecule has 26 heavy (non-hydrogen) atoms. The molecule has 0 aliphatic carbocycles. The third-order valence-electron chi connectivity index (χ3n) is 5.23. The van der Waals surface area contributed by atoms with Crippen LogP contribution in [-0.2, 0) is 6.54 Å². The number of fused-ring (bicyclic) bond motifs is 1. The van der Waals surface area contributed by atoms with Crippen LogP contribution >= 0.6 is 0 Å². The molecule has 0 saturated carbocycles. The van der Waals surface area contributed by atoms with E-state index < -0.39 is 0 Å². The largest absolute Gasteiger partial charge is 0.497 e. The second kappa shape index (κ2) is 7.38. The summed E-state index contributed by atoms with van der Waals surface area (Å²) in [6.45, 7) is 1.86. The predicted octanol–water partition coefficient (Wildman–Crippen LogP) is 3.44. The Kier molecular flexibility index (Phi) is 4.80. The maximum atomic E-state index is 9.84. The van der Waals surface area contributed by atoms with Crippen molar-refractivity contribution in [3.63, 3.8) is 0 Å². The van der Waals surface area contributed by atoms with Crippen LogP contribution in [0.15, 0.2) is 48.5 Å². The highest BCUT2D eigenvalue weighted by Gasteiger charge is 2.26. The SMILES string of the molecule is COc1ccc(Cn2c(N3CCCC[C@@H]3CO)nc3ccccc32)cc1. The summed E-state index contributed by atoms with van der Waals surface area (Å²) >= 11 is 0. The van der Waals surface area contributed by atoms with Gasteiger partial charge in [0.25, 0.3) is 0 Å². The fraction of sp³-hybridized carbons (Fsp3) is 0.381. The van der Waals surface area contributed by atoms with Crippen molar-refractivity contribution >= 4 is 17.0 Å². The molecule has 2 heterocycles. The number of benzene rings is 2. The Morgan fingerprint density at radius 2 is 1.92 bits per heavy atom. The van der Waals surface area contributed by atoms with Crippen molar-refractivity contribution < 1.29 is 9.84 Å². The average molecular weight is 351 g/mol. The quantitative estimate of drug-likeness (QED) is 0.765. The Labute approximate surface area is 153 Å². The van der Waals surface area contributed by atoms with Crippen LogP contribution in [0, 0.1) is 0 Å². The second-order valence-corrected chi connectivity index (χ2v) is 6.86. The summed E-state index contributed by atoms with van der Waals surface area (Å²) in [6.07, 6.45) is 3.32.